The van der Waals surface area contributed by atoms with Crippen LogP contribution in [0.5, 0.6) is 0 Å². The number of primary amides is 1. The third-order valence-corrected chi connectivity index (χ3v) is 7.48. The average molecular weight is 490 g/mol. The molecule has 3 heterocycles. The number of nitrogens with two attached hydrogens (primary N) is 2. The number of anilines is 1. The maximum atomic E-state index is 15.0. The van der Waals surface area contributed by atoms with E-state index in [1.165, 1.54) is 17.4 Å². The van der Waals surface area contributed by atoms with Crippen LogP contribution in [0, 0.1) is 11.7 Å². The summed E-state index contributed by atoms with van der Waals surface area (Å²) >= 11 is 7.45. The molecule has 7 nitrogen and oxygen atoms in total. The van der Waals surface area contributed by atoms with E-state index in [4.69, 9.17) is 32.8 Å². The molecule has 4 N–H and O–H groups in total. The highest BCUT2D eigenvalue weighted by molar-refractivity contribution is 7.15. The number of carbonyl (C=O) groups excluding carboxylic acids is 1. The normalized spacial score (nSPS) is 18.9. The van der Waals surface area contributed by atoms with Crippen molar-refractivity contribution in [3.63, 3.8) is 0 Å². The second kappa shape index (κ2) is 9.32. The van der Waals surface area contributed by atoms with Crippen LogP contribution in [0.2, 0.25) is 5.28 Å². The summed E-state index contributed by atoms with van der Waals surface area (Å²) in [5.74, 6) is -1.02. The zero-order valence-corrected chi connectivity index (χ0v) is 19.9. The number of hydrogen-bond donors (Lipinski definition) is 2. The van der Waals surface area contributed by atoms with Crippen molar-refractivity contribution in [3.05, 3.63) is 46.6 Å². The molecule has 0 spiro atoms. The summed E-state index contributed by atoms with van der Waals surface area (Å²) in [7, 11) is 0. The minimum absolute atomic E-state index is 0.0427. The van der Waals surface area contributed by atoms with Gasteiger partial charge in [-0.3, -0.25) is 4.79 Å². The largest absolute Gasteiger partial charge is 0.396 e. The van der Waals surface area contributed by atoms with Crippen LogP contribution in [-0.2, 0) is 14.9 Å². The molecule has 0 aliphatic carbocycles. The first kappa shape index (κ1) is 23.5. The van der Waals surface area contributed by atoms with Gasteiger partial charge in [0.05, 0.1) is 33.1 Å². The van der Waals surface area contributed by atoms with Gasteiger partial charge in [-0.1, -0.05) is 19.9 Å². The van der Waals surface area contributed by atoms with E-state index in [1.807, 2.05) is 0 Å². The van der Waals surface area contributed by atoms with Crippen LogP contribution in [0.4, 0.5) is 10.1 Å². The SMILES string of the molecule is CC(C)(CC1CC(C(N)=O)CCO1)c1nc(-c2cccc(N)c2F)c(-c2ccnc(Cl)n2)s1. The van der Waals surface area contributed by atoms with Gasteiger partial charge in [0.1, 0.15) is 0 Å². The number of nitrogen functional groups attached to an aromatic ring is 1. The number of carbonyl (C=O) groups is 1. The summed E-state index contributed by atoms with van der Waals surface area (Å²) in [6.07, 6.45) is 3.28. The Morgan fingerprint density at radius 1 is 1.33 bits per heavy atom. The van der Waals surface area contributed by atoms with E-state index in [0.717, 1.165) is 5.01 Å². The van der Waals surface area contributed by atoms with Crippen LogP contribution in [0.15, 0.2) is 30.5 Å². The number of rotatable bonds is 6. The van der Waals surface area contributed by atoms with E-state index in [1.54, 1.807) is 24.4 Å². The Kier molecular flexibility index (Phi) is 6.65. The third-order valence-electron chi connectivity index (χ3n) is 5.86. The molecular formula is C23H25ClFN5O2S. The lowest BCUT2D eigenvalue weighted by Gasteiger charge is -2.33. The fourth-order valence-electron chi connectivity index (χ4n) is 4.10. The molecule has 0 saturated carbocycles. The summed E-state index contributed by atoms with van der Waals surface area (Å²) in [6.45, 7) is 4.61. The van der Waals surface area contributed by atoms with Crippen molar-refractivity contribution >= 4 is 34.5 Å². The van der Waals surface area contributed by atoms with E-state index in [-0.39, 0.29) is 28.9 Å². The molecule has 1 amide bonds. The fraction of sp³-hybridized carbons (Fsp3) is 0.391. The molecule has 33 heavy (non-hydrogen) atoms. The molecule has 3 aromatic rings. The Balaban J connectivity index is 1.74. The molecule has 1 aromatic carbocycles. The highest BCUT2D eigenvalue weighted by Crippen LogP contribution is 2.43. The highest BCUT2D eigenvalue weighted by atomic mass is 35.5. The van der Waals surface area contributed by atoms with Gasteiger partial charge in [-0.15, -0.1) is 11.3 Å². The first-order chi connectivity index (χ1) is 15.7. The van der Waals surface area contributed by atoms with Crippen molar-refractivity contribution in [2.24, 2.45) is 11.7 Å². The Morgan fingerprint density at radius 2 is 2.12 bits per heavy atom. The van der Waals surface area contributed by atoms with Crippen LogP contribution >= 0.6 is 22.9 Å². The Bertz CT molecular complexity index is 1190. The lowest BCUT2D eigenvalue weighted by Crippen LogP contribution is -2.37. The molecule has 1 saturated heterocycles. The zero-order chi connectivity index (χ0) is 23.8. The lowest BCUT2D eigenvalue weighted by molar-refractivity contribution is -0.127. The zero-order valence-electron chi connectivity index (χ0n) is 18.3. The number of amides is 1. The number of aromatic nitrogens is 3. The van der Waals surface area contributed by atoms with Gasteiger partial charge in [0, 0.05) is 29.7 Å². The number of hydrogen-bond acceptors (Lipinski definition) is 7. The fourth-order valence-corrected chi connectivity index (χ4v) is 5.41. The van der Waals surface area contributed by atoms with Gasteiger partial charge in [-0.05, 0) is 49.1 Å². The van der Waals surface area contributed by atoms with E-state index in [2.05, 4.69) is 23.8 Å². The molecule has 1 aliphatic heterocycles. The molecule has 1 aliphatic rings. The minimum atomic E-state index is -0.534. The first-order valence-corrected chi connectivity index (χ1v) is 11.8. The van der Waals surface area contributed by atoms with E-state index in [9.17, 15) is 9.18 Å². The van der Waals surface area contributed by atoms with Crippen molar-refractivity contribution in [1.82, 2.24) is 15.0 Å². The molecular weight excluding hydrogens is 465 g/mol. The molecule has 2 unspecified atom stereocenters. The van der Waals surface area contributed by atoms with Crippen LogP contribution < -0.4 is 11.5 Å². The second-order valence-corrected chi connectivity index (χ2v) is 10.2. The van der Waals surface area contributed by atoms with Gasteiger partial charge in [-0.2, -0.15) is 0 Å². The average Bonchev–Trinajstić information content (AvgIpc) is 3.22. The molecule has 2 aromatic heterocycles. The van der Waals surface area contributed by atoms with Gasteiger partial charge < -0.3 is 16.2 Å². The summed E-state index contributed by atoms with van der Waals surface area (Å²) in [5.41, 5.74) is 12.3. The maximum absolute atomic E-state index is 15.0. The van der Waals surface area contributed by atoms with Gasteiger partial charge in [0.25, 0.3) is 0 Å². The summed E-state index contributed by atoms with van der Waals surface area (Å²) in [4.78, 5) is 25.5. The number of thiazole rings is 1. The highest BCUT2D eigenvalue weighted by Gasteiger charge is 2.35. The van der Waals surface area contributed by atoms with Crippen LogP contribution in [-0.4, -0.2) is 33.6 Å². The van der Waals surface area contributed by atoms with Crippen molar-refractivity contribution in [3.8, 4) is 21.8 Å². The molecule has 174 valence electrons. The second-order valence-electron chi connectivity index (χ2n) is 8.82. The Morgan fingerprint density at radius 3 is 2.85 bits per heavy atom. The van der Waals surface area contributed by atoms with Gasteiger partial charge in [0.2, 0.25) is 11.2 Å². The van der Waals surface area contributed by atoms with Crippen molar-refractivity contribution < 1.29 is 13.9 Å². The molecule has 0 radical (unpaired) electrons. The number of benzene rings is 1. The maximum Gasteiger partial charge on any atom is 0.222 e. The predicted octanol–water partition coefficient (Wildman–Crippen LogP) is 4.59. The van der Waals surface area contributed by atoms with Crippen molar-refractivity contribution in [2.75, 3.05) is 12.3 Å². The van der Waals surface area contributed by atoms with Gasteiger partial charge in [-0.25, -0.2) is 19.3 Å². The predicted molar refractivity (Wildman–Crippen MR) is 127 cm³/mol. The molecule has 4 rings (SSSR count). The van der Waals surface area contributed by atoms with E-state index < -0.39 is 11.2 Å². The van der Waals surface area contributed by atoms with E-state index in [0.29, 0.717) is 47.7 Å². The van der Waals surface area contributed by atoms with Crippen molar-refractivity contribution in [2.45, 2.75) is 44.6 Å². The molecule has 2 atom stereocenters. The van der Waals surface area contributed by atoms with Gasteiger partial charge in [0.15, 0.2) is 5.82 Å². The third kappa shape index (κ3) is 5.00. The van der Waals surface area contributed by atoms with E-state index >= 15 is 0 Å². The molecule has 1 fully saturated rings. The molecule has 10 heteroatoms. The quantitative estimate of drug-likeness (QED) is 0.386. The number of halogens is 2. The monoisotopic (exact) mass is 489 g/mol. The van der Waals surface area contributed by atoms with Gasteiger partial charge >= 0.3 is 0 Å². The van der Waals surface area contributed by atoms with Crippen LogP contribution in [0.3, 0.4) is 0 Å². The smallest absolute Gasteiger partial charge is 0.222 e. The lowest BCUT2D eigenvalue weighted by atomic mass is 9.82. The number of nitrogens with zero attached hydrogens (tertiary/aromatic N) is 3. The molecule has 0 bridgehead atoms. The standard InChI is InChI=1S/C23H25ClFN5O2S/c1-23(2,11-13-10-12(20(27)31)7-9-32-13)21-30-18(14-4-3-5-15(26)17(14)25)19(33-21)16-6-8-28-22(24)29-16/h3-6,8,12-13H,7,9-11,26H2,1-2H3,(H2,27,31). The summed E-state index contributed by atoms with van der Waals surface area (Å²) < 4.78 is 20.9. The topological polar surface area (TPSA) is 117 Å². The first-order valence-electron chi connectivity index (χ1n) is 10.6. The van der Waals surface area contributed by atoms with Crippen molar-refractivity contribution in [1.29, 1.82) is 0 Å². The Labute approximate surface area is 200 Å². The summed E-state index contributed by atoms with van der Waals surface area (Å²) in [5, 5.41) is 0.877. The summed E-state index contributed by atoms with van der Waals surface area (Å²) in [6, 6.07) is 6.55. The Hall–Kier alpha value is -2.62. The van der Waals surface area contributed by atoms with Crippen LogP contribution in [0.1, 0.15) is 38.1 Å². The van der Waals surface area contributed by atoms with Crippen LogP contribution in [0.25, 0.3) is 21.8 Å². The number of ether oxygens (including phenoxy) is 1. The minimum Gasteiger partial charge on any atom is -0.396 e.